The van der Waals surface area contributed by atoms with Gasteiger partial charge in [-0.05, 0) is 61.0 Å². The minimum absolute atomic E-state index is 0.104. The second-order valence-corrected chi connectivity index (χ2v) is 6.41. The van der Waals surface area contributed by atoms with Crippen LogP contribution in [0.1, 0.15) is 28.9 Å². The Kier molecular flexibility index (Phi) is 6.06. The molecule has 3 aromatic carbocycles. The molecule has 0 spiro atoms. The third-order valence-electron chi connectivity index (χ3n) is 4.38. The zero-order chi connectivity index (χ0) is 20.1. The van der Waals surface area contributed by atoms with Crippen LogP contribution in [0.25, 0.3) is 5.84 Å². The number of aliphatic hydroxyl groups excluding tert-OH is 1. The molecule has 0 bridgehead atoms. The van der Waals surface area contributed by atoms with Gasteiger partial charge in [0.05, 0.1) is 11.7 Å². The lowest BCUT2D eigenvalue weighted by atomic mass is 10.1. The van der Waals surface area contributed by atoms with Crippen molar-refractivity contribution in [1.29, 1.82) is 0 Å². The Morgan fingerprint density at radius 3 is 2.21 bits per heavy atom. The van der Waals surface area contributed by atoms with Gasteiger partial charge in [-0.25, -0.2) is 4.79 Å². The van der Waals surface area contributed by atoms with Crippen LogP contribution in [0.15, 0.2) is 72.8 Å². The van der Waals surface area contributed by atoms with Gasteiger partial charge in [0, 0.05) is 24.9 Å². The van der Waals surface area contributed by atoms with Crippen molar-refractivity contribution in [2.24, 2.45) is 0 Å². The normalized spacial score (nSPS) is 12.9. The molecule has 0 saturated carbocycles. The summed E-state index contributed by atoms with van der Waals surface area (Å²) in [6, 6.07) is 21.1. The maximum Gasteiger partial charge on any atom is 0.339 e. The van der Waals surface area contributed by atoms with Crippen molar-refractivity contribution in [3.8, 4) is 11.5 Å². The summed E-state index contributed by atoms with van der Waals surface area (Å²) in [5.41, 5.74) is 2.53. The predicted octanol–water partition coefficient (Wildman–Crippen LogP) is 3.90. The van der Waals surface area contributed by atoms with E-state index in [0.29, 0.717) is 28.3 Å². The average molecular weight is 377 g/mol. The first-order chi connectivity index (χ1) is 13.5. The highest BCUT2D eigenvalue weighted by Gasteiger charge is 2.17. The molecule has 1 amide bonds. The van der Waals surface area contributed by atoms with Crippen molar-refractivity contribution in [3.05, 3.63) is 89.8 Å². The lowest BCUT2D eigenvalue weighted by Gasteiger charge is -2.19. The highest BCUT2D eigenvalue weighted by Crippen LogP contribution is 2.23. The molecule has 144 valence electrons. The van der Waals surface area contributed by atoms with Crippen molar-refractivity contribution in [2.75, 3.05) is 12.4 Å². The monoisotopic (exact) mass is 377 g/mol. The first-order valence-electron chi connectivity index (χ1n) is 8.95. The standard InChI is InChI=1S/C22H23N3O3/c1-15(26)16-4-3-5-17(14-16)22(27)25(23)19-8-12-21(13-9-19)28-20-10-6-18(24-2)7-11-20/h3-15,23-26H,1-2H3. The van der Waals surface area contributed by atoms with Crippen LogP contribution in [0.2, 0.25) is 0 Å². The van der Waals surface area contributed by atoms with E-state index in [9.17, 15) is 9.90 Å². The largest absolute Gasteiger partial charge is 0.457 e. The van der Waals surface area contributed by atoms with Crippen LogP contribution in [-0.4, -0.2) is 18.1 Å². The van der Waals surface area contributed by atoms with Crippen molar-refractivity contribution in [1.82, 2.24) is 0 Å². The number of carbonyl (C=O) groups excluding carboxylic acids is 1. The number of hydrogen-bond acceptors (Lipinski definition) is 4. The Hall–Kier alpha value is -3.19. The number of carbonyl (C=O) groups is 1. The number of amides is 1. The van der Waals surface area contributed by atoms with Crippen molar-refractivity contribution in [2.45, 2.75) is 13.0 Å². The second-order valence-electron chi connectivity index (χ2n) is 6.41. The van der Waals surface area contributed by atoms with Crippen LogP contribution in [0.4, 0.5) is 11.4 Å². The van der Waals surface area contributed by atoms with Crippen LogP contribution in [0.3, 0.4) is 0 Å². The smallest absolute Gasteiger partial charge is 0.339 e. The SMILES string of the molecule is CNc1ccc(Oc2ccc([NH+]([NH-])C(=O)c3cccc(C(C)O)c3)cc2)cc1. The summed E-state index contributed by atoms with van der Waals surface area (Å²) in [7, 11) is 1.85. The van der Waals surface area contributed by atoms with Gasteiger partial charge < -0.3 is 26.0 Å². The number of hydrogen-bond donors (Lipinski definition) is 3. The summed E-state index contributed by atoms with van der Waals surface area (Å²) < 4.78 is 5.79. The van der Waals surface area contributed by atoms with Gasteiger partial charge in [-0.3, -0.25) is 0 Å². The van der Waals surface area contributed by atoms with E-state index in [1.54, 1.807) is 55.5 Å². The average Bonchev–Trinajstić information content (AvgIpc) is 2.74. The molecular weight excluding hydrogens is 354 g/mol. The number of aliphatic hydroxyl groups is 1. The van der Waals surface area contributed by atoms with Gasteiger partial charge in [0.1, 0.15) is 17.2 Å². The van der Waals surface area contributed by atoms with E-state index >= 15 is 0 Å². The highest BCUT2D eigenvalue weighted by atomic mass is 16.5. The predicted molar refractivity (Wildman–Crippen MR) is 109 cm³/mol. The quantitative estimate of drug-likeness (QED) is 0.569. The number of ether oxygens (including phenoxy) is 1. The maximum atomic E-state index is 12.6. The van der Waals surface area contributed by atoms with Crippen LogP contribution < -0.4 is 15.1 Å². The molecule has 6 heteroatoms. The first kappa shape index (κ1) is 19.6. The van der Waals surface area contributed by atoms with Crippen molar-refractivity contribution >= 4 is 17.3 Å². The molecule has 2 unspecified atom stereocenters. The molecule has 4 N–H and O–H groups in total. The van der Waals surface area contributed by atoms with E-state index in [1.807, 2.05) is 31.3 Å². The van der Waals surface area contributed by atoms with E-state index in [0.717, 1.165) is 5.69 Å². The molecule has 3 aromatic rings. The summed E-state index contributed by atoms with van der Waals surface area (Å²) in [5, 5.41) is 12.6. The highest BCUT2D eigenvalue weighted by molar-refractivity contribution is 5.89. The number of nitrogens with one attached hydrogen (secondary N) is 3. The fourth-order valence-corrected chi connectivity index (χ4v) is 2.73. The third kappa shape index (κ3) is 4.55. The summed E-state index contributed by atoms with van der Waals surface area (Å²) in [5.74, 6) is 9.16. The molecule has 0 radical (unpaired) electrons. The van der Waals surface area contributed by atoms with E-state index < -0.39 is 6.10 Å². The minimum Gasteiger partial charge on any atom is -0.457 e. The third-order valence-corrected chi connectivity index (χ3v) is 4.38. The first-order valence-corrected chi connectivity index (χ1v) is 8.95. The molecule has 6 nitrogen and oxygen atoms in total. The van der Waals surface area contributed by atoms with Gasteiger partial charge >= 0.3 is 5.91 Å². The van der Waals surface area contributed by atoms with Gasteiger partial charge in [0.25, 0.3) is 0 Å². The molecule has 0 aliphatic carbocycles. The summed E-state index contributed by atoms with van der Waals surface area (Å²) >= 11 is 0. The molecule has 0 aromatic heterocycles. The Bertz CT molecular complexity index is 938. The van der Waals surface area contributed by atoms with Crippen LogP contribution in [0.5, 0.6) is 11.5 Å². The Balaban J connectivity index is 1.71. The Labute approximate surface area is 164 Å². The topological polar surface area (TPSA) is 86.8 Å². The number of benzene rings is 3. The number of quaternary nitrogens is 1. The molecule has 2 atom stereocenters. The van der Waals surface area contributed by atoms with Gasteiger partial charge in [-0.2, -0.15) is 0 Å². The van der Waals surface area contributed by atoms with E-state index in [-0.39, 0.29) is 10.9 Å². The van der Waals surface area contributed by atoms with Gasteiger partial charge in [-0.1, -0.05) is 12.1 Å². The molecule has 0 fully saturated rings. The van der Waals surface area contributed by atoms with E-state index in [4.69, 9.17) is 10.6 Å². The van der Waals surface area contributed by atoms with E-state index in [1.165, 1.54) is 0 Å². The number of anilines is 1. The second kappa shape index (κ2) is 8.67. The zero-order valence-corrected chi connectivity index (χ0v) is 15.8. The fourth-order valence-electron chi connectivity index (χ4n) is 2.73. The minimum atomic E-state index is -0.666. The van der Waals surface area contributed by atoms with Crippen molar-refractivity contribution < 1.29 is 19.6 Å². The Morgan fingerprint density at radius 1 is 1.04 bits per heavy atom. The van der Waals surface area contributed by atoms with Gasteiger partial charge in [0.15, 0.2) is 0 Å². The number of rotatable bonds is 6. The molecular formula is C22H23N3O3. The van der Waals surface area contributed by atoms with Crippen LogP contribution in [0, 0.1) is 0 Å². The molecule has 3 rings (SSSR count). The van der Waals surface area contributed by atoms with E-state index in [2.05, 4.69) is 5.32 Å². The summed E-state index contributed by atoms with van der Waals surface area (Å²) in [6.07, 6.45) is -0.666. The lowest BCUT2D eigenvalue weighted by molar-refractivity contribution is -0.680. The molecule has 0 aliphatic heterocycles. The van der Waals surface area contributed by atoms with Gasteiger partial charge in [0.2, 0.25) is 0 Å². The lowest BCUT2D eigenvalue weighted by Crippen LogP contribution is -3.03. The van der Waals surface area contributed by atoms with Crippen molar-refractivity contribution in [3.63, 3.8) is 0 Å². The summed E-state index contributed by atoms with van der Waals surface area (Å²) in [4.78, 5) is 12.6. The molecule has 0 heterocycles. The van der Waals surface area contributed by atoms with Crippen LogP contribution >= 0.6 is 0 Å². The molecule has 0 saturated heterocycles. The van der Waals surface area contributed by atoms with Crippen LogP contribution in [-0.2, 0) is 0 Å². The van der Waals surface area contributed by atoms with Gasteiger partial charge in [-0.15, -0.1) is 0 Å². The zero-order valence-electron chi connectivity index (χ0n) is 15.8. The summed E-state index contributed by atoms with van der Waals surface area (Å²) in [6.45, 7) is 1.64. The maximum absolute atomic E-state index is 12.6. The molecule has 0 aliphatic rings. The fraction of sp³-hybridized carbons (Fsp3) is 0.136. The Morgan fingerprint density at radius 2 is 1.64 bits per heavy atom. The molecule has 28 heavy (non-hydrogen) atoms.